The maximum absolute atomic E-state index is 11.8. The van der Waals surface area contributed by atoms with Gasteiger partial charge < -0.3 is 10.5 Å². The number of anilines is 1. The van der Waals surface area contributed by atoms with E-state index in [1.54, 1.807) is 6.92 Å². The Morgan fingerprint density at radius 2 is 1.83 bits per heavy atom. The Kier molecular flexibility index (Phi) is 4.90. The SMILES string of the molecule is CCOC(=O)c1c(N)nc(-c2ccc(C(C)(C)C)cc2)nc1Cl. The van der Waals surface area contributed by atoms with Gasteiger partial charge in [-0.1, -0.05) is 56.6 Å². The van der Waals surface area contributed by atoms with Gasteiger partial charge in [0.2, 0.25) is 0 Å². The third-order valence-corrected chi connectivity index (χ3v) is 3.66. The first-order chi connectivity index (χ1) is 10.7. The normalized spacial score (nSPS) is 11.3. The number of carbonyl (C=O) groups is 1. The van der Waals surface area contributed by atoms with Crippen molar-refractivity contribution in [2.45, 2.75) is 33.1 Å². The highest BCUT2D eigenvalue weighted by Gasteiger charge is 2.20. The second-order valence-corrected chi connectivity index (χ2v) is 6.50. The average molecular weight is 334 g/mol. The predicted molar refractivity (Wildman–Crippen MR) is 91.5 cm³/mol. The highest BCUT2D eigenvalue weighted by molar-refractivity contribution is 6.33. The van der Waals surface area contributed by atoms with Crippen LogP contribution in [0.3, 0.4) is 0 Å². The lowest BCUT2D eigenvalue weighted by Gasteiger charge is -2.19. The molecule has 0 amide bonds. The van der Waals surface area contributed by atoms with Crippen LogP contribution in [0.25, 0.3) is 11.4 Å². The van der Waals surface area contributed by atoms with Crippen molar-refractivity contribution >= 4 is 23.4 Å². The fourth-order valence-electron chi connectivity index (χ4n) is 2.09. The van der Waals surface area contributed by atoms with Crippen LogP contribution in [-0.4, -0.2) is 22.5 Å². The number of nitrogens with zero attached hydrogens (tertiary/aromatic N) is 2. The standard InChI is InChI=1S/C17H20ClN3O2/c1-5-23-16(22)12-13(18)20-15(21-14(12)19)10-6-8-11(9-7-10)17(2,3)4/h6-9H,5H2,1-4H3,(H2,19,20,21). The number of ether oxygens (including phenoxy) is 1. The summed E-state index contributed by atoms with van der Waals surface area (Å²) in [4.78, 5) is 20.2. The van der Waals surface area contributed by atoms with Gasteiger partial charge >= 0.3 is 5.97 Å². The molecule has 0 saturated heterocycles. The summed E-state index contributed by atoms with van der Waals surface area (Å²) >= 11 is 6.09. The summed E-state index contributed by atoms with van der Waals surface area (Å²) < 4.78 is 4.90. The highest BCUT2D eigenvalue weighted by Crippen LogP contribution is 2.27. The molecular formula is C17H20ClN3O2. The number of aromatic nitrogens is 2. The maximum Gasteiger partial charge on any atom is 0.345 e. The van der Waals surface area contributed by atoms with Crippen LogP contribution in [0.15, 0.2) is 24.3 Å². The van der Waals surface area contributed by atoms with Gasteiger partial charge in [0.25, 0.3) is 0 Å². The molecule has 5 nitrogen and oxygen atoms in total. The molecule has 23 heavy (non-hydrogen) atoms. The molecule has 0 radical (unpaired) electrons. The molecule has 122 valence electrons. The molecule has 1 aromatic carbocycles. The zero-order valence-electron chi connectivity index (χ0n) is 13.7. The van der Waals surface area contributed by atoms with Crippen molar-refractivity contribution in [2.75, 3.05) is 12.3 Å². The van der Waals surface area contributed by atoms with Gasteiger partial charge in [-0.05, 0) is 17.9 Å². The second kappa shape index (κ2) is 6.54. The summed E-state index contributed by atoms with van der Waals surface area (Å²) in [5.74, 6) is -0.232. The smallest absolute Gasteiger partial charge is 0.345 e. The van der Waals surface area contributed by atoms with E-state index >= 15 is 0 Å². The van der Waals surface area contributed by atoms with E-state index in [0.717, 1.165) is 5.56 Å². The molecule has 1 heterocycles. The Labute approximate surface area is 140 Å². The molecule has 0 bridgehead atoms. The van der Waals surface area contributed by atoms with Crippen molar-refractivity contribution in [1.82, 2.24) is 9.97 Å². The molecule has 0 saturated carbocycles. The van der Waals surface area contributed by atoms with Crippen LogP contribution in [0.1, 0.15) is 43.6 Å². The van der Waals surface area contributed by atoms with E-state index in [4.69, 9.17) is 22.1 Å². The van der Waals surface area contributed by atoms with E-state index in [-0.39, 0.29) is 28.6 Å². The zero-order chi connectivity index (χ0) is 17.2. The van der Waals surface area contributed by atoms with Gasteiger partial charge in [-0.15, -0.1) is 0 Å². The molecule has 2 N–H and O–H groups in total. The predicted octanol–water partition coefficient (Wildman–Crippen LogP) is 3.85. The molecule has 0 spiro atoms. The largest absolute Gasteiger partial charge is 0.462 e. The summed E-state index contributed by atoms with van der Waals surface area (Å²) in [6, 6.07) is 7.86. The number of carbonyl (C=O) groups excluding carboxylic acids is 1. The molecular weight excluding hydrogens is 314 g/mol. The minimum absolute atomic E-state index is 0.00331. The third-order valence-electron chi connectivity index (χ3n) is 3.38. The summed E-state index contributed by atoms with van der Waals surface area (Å²) in [5, 5.41) is -0.00847. The van der Waals surface area contributed by atoms with E-state index in [9.17, 15) is 4.79 Å². The number of hydrogen-bond acceptors (Lipinski definition) is 5. The molecule has 0 aliphatic heterocycles. The van der Waals surface area contributed by atoms with Crippen LogP contribution in [0, 0.1) is 0 Å². The van der Waals surface area contributed by atoms with Crippen LogP contribution >= 0.6 is 11.6 Å². The first kappa shape index (κ1) is 17.2. The second-order valence-electron chi connectivity index (χ2n) is 6.15. The van der Waals surface area contributed by atoms with Gasteiger partial charge in [-0.25, -0.2) is 14.8 Å². The number of halogens is 1. The Hall–Kier alpha value is -2.14. The van der Waals surface area contributed by atoms with Crippen molar-refractivity contribution in [3.63, 3.8) is 0 Å². The van der Waals surface area contributed by atoms with Gasteiger partial charge in [0.05, 0.1) is 6.61 Å². The molecule has 0 atom stereocenters. The van der Waals surface area contributed by atoms with Gasteiger partial charge in [0, 0.05) is 5.56 Å². The fraction of sp³-hybridized carbons (Fsp3) is 0.353. The third kappa shape index (κ3) is 3.79. The number of hydrogen-bond donors (Lipinski definition) is 1. The zero-order valence-corrected chi connectivity index (χ0v) is 14.4. The monoisotopic (exact) mass is 333 g/mol. The minimum Gasteiger partial charge on any atom is -0.462 e. The van der Waals surface area contributed by atoms with Crippen molar-refractivity contribution < 1.29 is 9.53 Å². The molecule has 0 aliphatic carbocycles. The Bertz CT molecular complexity index is 699. The Morgan fingerprint density at radius 3 is 2.30 bits per heavy atom. The van der Waals surface area contributed by atoms with Crippen LogP contribution in [0.2, 0.25) is 5.15 Å². The number of nitrogen functional groups attached to an aromatic ring is 1. The maximum atomic E-state index is 11.8. The van der Waals surface area contributed by atoms with Crippen molar-refractivity contribution in [3.8, 4) is 11.4 Å². The highest BCUT2D eigenvalue weighted by atomic mass is 35.5. The lowest BCUT2D eigenvalue weighted by molar-refractivity contribution is 0.0527. The first-order valence-corrected chi connectivity index (χ1v) is 7.73. The van der Waals surface area contributed by atoms with E-state index in [1.165, 1.54) is 5.56 Å². The first-order valence-electron chi connectivity index (χ1n) is 7.35. The molecule has 1 aromatic heterocycles. The molecule has 0 unspecified atom stereocenters. The van der Waals surface area contributed by atoms with Gasteiger partial charge in [-0.2, -0.15) is 0 Å². The lowest BCUT2D eigenvalue weighted by Crippen LogP contribution is -2.12. The summed E-state index contributed by atoms with van der Waals surface area (Å²) in [6.07, 6.45) is 0. The van der Waals surface area contributed by atoms with Gasteiger partial charge in [0.1, 0.15) is 16.5 Å². The van der Waals surface area contributed by atoms with E-state index in [1.807, 2.05) is 24.3 Å². The van der Waals surface area contributed by atoms with E-state index < -0.39 is 5.97 Å². The van der Waals surface area contributed by atoms with Gasteiger partial charge in [-0.3, -0.25) is 0 Å². The van der Waals surface area contributed by atoms with Crippen molar-refractivity contribution in [1.29, 1.82) is 0 Å². The van der Waals surface area contributed by atoms with E-state index in [0.29, 0.717) is 5.82 Å². The molecule has 0 aliphatic rings. The van der Waals surface area contributed by atoms with Crippen LogP contribution in [0.4, 0.5) is 5.82 Å². The Morgan fingerprint density at radius 1 is 1.22 bits per heavy atom. The van der Waals surface area contributed by atoms with Crippen LogP contribution < -0.4 is 5.73 Å². The summed E-state index contributed by atoms with van der Waals surface area (Å²) in [6.45, 7) is 8.35. The lowest BCUT2D eigenvalue weighted by atomic mass is 9.87. The Balaban J connectivity index is 2.40. The van der Waals surface area contributed by atoms with E-state index in [2.05, 4.69) is 30.7 Å². The molecule has 0 fully saturated rings. The average Bonchev–Trinajstić information content (AvgIpc) is 2.46. The number of rotatable bonds is 3. The number of nitrogens with two attached hydrogens (primary N) is 1. The summed E-state index contributed by atoms with van der Waals surface area (Å²) in [5.41, 5.74) is 7.89. The fourth-order valence-corrected chi connectivity index (χ4v) is 2.34. The number of benzene rings is 1. The topological polar surface area (TPSA) is 78.1 Å². The molecule has 2 rings (SSSR count). The van der Waals surface area contributed by atoms with Crippen LogP contribution in [0.5, 0.6) is 0 Å². The van der Waals surface area contributed by atoms with Crippen molar-refractivity contribution in [3.05, 3.63) is 40.5 Å². The number of esters is 1. The minimum atomic E-state index is -0.621. The molecule has 6 heteroatoms. The molecule has 2 aromatic rings. The summed E-state index contributed by atoms with van der Waals surface area (Å²) in [7, 11) is 0. The quantitative estimate of drug-likeness (QED) is 0.681. The van der Waals surface area contributed by atoms with Crippen LogP contribution in [-0.2, 0) is 10.2 Å². The van der Waals surface area contributed by atoms with Crippen molar-refractivity contribution in [2.24, 2.45) is 0 Å². The van der Waals surface area contributed by atoms with Gasteiger partial charge in [0.15, 0.2) is 5.82 Å².